The number of rotatable bonds is 1. The molecule has 0 bridgehead atoms. The van der Waals surface area contributed by atoms with Crippen molar-refractivity contribution in [2.75, 3.05) is 0 Å². The summed E-state index contributed by atoms with van der Waals surface area (Å²) in [5, 5.41) is 0. The van der Waals surface area contributed by atoms with Crippen molar-refractivity contribution >= 4 is 0 Å². The van der Waals surface area contributed by atoms with Crippen LogP contribution in [-0.4, -0.2) is 6.04 Å². The van der Waals surface area contributed by atoms with Crippen LogP contribution in [0.5, 0.6) is 0 Å². The summed E-state index contributed by atoms with van der Waals surface area (Å²) in [5.41, 5.74) is 6.81. The van der Waals surface area contributed by atoms with Gasteiger partial charge in [-0.2, -0.15) is 0 Å². The number of benzene rings is 1. The topological polar surface area (TPSA) is 26.0 Å². The SMILES string of the molecule is N[C@H]1C[C@@H]1c1ccc(F)cc1. The molecule has 0 radical (unpaired) electrons. The smallest absolute Gasteiger partial charge is 0.123 e. The minimum Gasteiger partial charge on any atom is -0.327 e. The average molecular weight is 151 g/mol. The molecule has 1 nitrogen and oxygen atoms in total. The molecule has 2 N–H and O–H groups in total. The van der Waals surface area contributed by atoms with Crippen molar-refractivity contribution in [3.63, 3.8) is 0 Å². The first kappa shape index (κ1) is 6.80. The molecule has 0 aromatic heterocycles. The lowest BCUT2D eigenvalue weighted by Crippen LogP contribution is -2.00. The molecule has 2 heteroatoms. The predicted octanol–water partition coefficient (Wildman–Crippen LogP) is 1.64. The second-order valence-corrected chi connectivity index (χ2v) is 3.06. The Morgan fingerprint density at radius 1 is 1.27 bits per heavy atom. The lowest BCUT2D eigenvalue weighted by molar-refractivity contribution is 0.627. The Hall–Kier alpha value is -0.890. The zero-order valence-corrected chi connectivity index (χ0v) is 6.13. The van der Waals surface area contributed by atoms with Crippen molar-refractivity contribution in [3.8, 4) is 0 Å². The molecule has 1 aromatic carbocycles. The molecule has 0 unspecified atom stereocenters. The quantitative estimate of drug-likeness (QED) is 0.648. The minimum absolute atomic E-state index is 0.178. The second kappa shape index (κ2) is 2.31. The second-order valence-electron chi connectivity index (χ2n) is 3.06. The number of halogens is 1. The summed E-state index contributed by atoms with van der Waals surface area (Å²) in [6.45, 7) is 0. The van der Waals surface area contributed by atoms with E-state index in [-0.39, 0.29) is 5.82 Å². The van der Waals surface area contributed by atoms with Gasteiger partial charge in [0.15, 0.2) is 0 Å². The Morgan fingerprint density at radius 3 is 2.27 bits per heavy atom. The first-order valence-corrected chi connectivity index (χ1v) is 3.78. The maximum absolute atomic E-state index is 12.4. The molecular weight excluding hydrogens is 141 g/mol. The first-order chi connectivity index (χ1) is 5.27. The molecule has 2 atom stereocenters. The van der Waals surface area contributed by atoms with Crippen LogP contribution in [0.3, 0.4) is 0 Å². The van der Waals surface area contributed by atoms with Crippen LogP contribution >= 0.6 is 0 Å². The van der Waals surface area contributed by atoms with Crippen molar-refractivity contribution in [3.05, 3.63) is 35.6 Å². The molecule has 2 rings (SSSR count). The molecule has 11 heavy (non-hydrogen) atoms. The van der Waals surface area contributed by atoms with Crippen LogP contribution in [0.25, 0.3) is 0 Å². The molecule has 1 saturated carbocycles. The van der Waals surface area contributed by atoms with Gasteiger partial charge in [0.05, 0.1) is 0 Å². The van der Waals surface area contributed by atoms with Crippen molar-refractivity contribution in [2.45, 2.75) is 18.4 Å². The summed E-state index contributed by atoms with van der Waals surface area (Å²) in [5.74, 6) is 0.304. The highest BCUT2D eigenvalue weighted by Gasteiger charge is 2.34. The van der Waals surface area contributed by atoms with Gasteiger partial charge in [0.2, 0.25) is 0 Å². The van der Waals surface area contributed by atoms with Gasteiger partial charge >= 0.3 is 0 Å². The highest BCUT2D eigenvalue weighted by molar-refractivity contribution is 5.27. The van der Waals surface area contributed by atoms with E-state index >= 15 is 0 Å². The summed E-state index contributed by atoms with van der Waals surface area (Å²) in [6, 6.07) is 6.90. The number of hydrogen-bond acceptors (Lipinski definition) is 1. The van der Waals surface area contributed by atoms with Crippen molar-refractivity contribution < 1.29 is 4.39 Å². The molecule has 0 spiro atoms. The van der Waals surface area contributed by atoms with Gasteiger partial charge in [0.1, 0.15) is 5.82 Å². The van der Waals surface area contributed by atoms with Gasteiger partial charge in [0, 0.05) is 12.0 Å². The van der Waals surface area contributed by atoms with Crippen LogP contribution in [0, 0.1) is 5.82 Å². The van der Waals surface area contributed by atoms with Gasteiger partial charge in [-0.1, -0.05) is 12.1 Å². The number of nitrogens with two attached hydrogens (primary N) is 1. The van der Waals surface area contributed by atoms with Crippen molar-refractivity contribution in [2.24, 2.45) is 5.73 Å². The highest BCUT2D eigenvalue weighted by Crippen LogP contribution is 2.38. The van der Waals surface area contributed by atoms with Gasteiger partial charge in [-0.3, -0.25) is 0 Å². The molecule has 1 aliphatic carbocycles. The maximum atomic E-state index is 12.4. The molecule has 1 aliphatic rings. The third-order valence-electron chi connectivity index (χ3n) is 2.14. The van der Waals surface area contributed by atoms with Gasteiger partial charge in [0.25, 0.3) is 0 Å². The molecule has 0 heterocycles. The van der Waals surface area contributed by atoms with Crippen LogP contribution in [0.1, 0.15) is 17.9 Å². The zero-order valence-electron chi connectivity index (χ0n) is 6.13. The molecule has 58 valence electrons. The lowest BCUT2D eigenvalue weighted by atomic mass is 10.1. The Bertz CT molecular complexity index is 255. The van der Waals surface area contributed by atoms with E-state index in [9.17, 15) is 4.39 Å². The third-order valence-corrected chi connectivity index (χ3v) is 2.14. The van der Waals surface area contributed by atoms with Crippen LogP contribution in [0.15, 0.2) is 24.3 Å². The van der Waals surface area contributed by atoms with Crippen molar-refractivity contribution in [1.82, 2.24) is 0 Å². The first-order valence-electron chi connectivity index (χ1n) is 3.78. The minimum atomic E-state index is -0.178. The van der Waals surface area contributed by atoms with Crippen LogP contribution < -0.4 is 5.73 Å². The van der Waals surface area contributed by atoms with Gasteiger partial charge in [-0.25, -0.2) is 4.39 Å². The monoisotopic (exact) mass is 151 g/mol. The maximum Gasteiger partial charge on any atom is 0.123 e. The highest BCUT2D eigenvalue weighted by atomic mass is 19.1. The molecule has 0 aliphatic heterocycles. The average Bonchev–Trinajstić information content (AvgIpc) is 2.69. The Kier molecular flexibility index (Phi) is 1.43. The standard InChI is InChI=1S/C9H10FN/c10-7-3-1-6(2-4-7)8-5-9(8)11/h1-4,8-9H,5,11H2/t8-,9+/m1/s1. The van der Waals surface area contributed by atoms with Gasteiger partial charge < -0.3 is 5.73 Å². The van der Waals surface area contributed by atoms with Gasteiger partial charge in [-0.05, 0) is 24.1 Å². The van der Waals surface area contributed by atoms with Gasteiger partial charge in [-0.15, -0.1) is 0 Å². The number of hydrogen-bond donors (Lipinski definition) is 1. The Balaban J connectivity index is 2.21. The lowest BCUT2D eigenvalue weighted by Gasteiger charge is -1.96. The fraction of sp³-hybridized carbons (Fsp3) is 0.333. The van der Waals surface area contributed by atoms with E-state index in [0.717, 1.165) is 6.42 Å². The molecule has 1 aromatic rings. The Labute approximate surface area is 65.0 Å². The fourth-order valence-corrected chi connectivity index (χ4v) is 1.31. The van der Waals surface area contributed by atoms with E-state index in [2.05, 4.69) is 0 Å². The van der Waals surface area contributed by atoms with Crippen molar-refractivity contribution in [1.29, 1.82) is 0 Å². The molecular formula is C9H10FN. The van der Waals surface area contributed by atoms with E-state index in [1.54, 1.807) is 0 Å². The summed E-state index contributed by atoms with van der Waals surface area (Å²) >= 11 is 0. The van der Waals surface area contributed by atoms with E-state index in [1.807, 2.05) is 12.1 Å². The van der Waals surface area contributed by atoms with E-state index in [0.29, 0.717) is 12.0 Å². The van der Waals surface area contributed by atoms with E-state index in [4.69, 9.17) is 5.73 Å². The Morgan fingerprint density at radius 2 is 1.82 bits per heavy atom. The van der Waals surface area contributed by atoms with E-state index in [1.165, 1.54) is 17.7 Å². The van der Waals surface area contributed by atoms with Crippen LogP contribution in [0.4, 0.5) is 4.39 Å². The molecule has 0 saturated heterocycles. The van der Waals surface area contributed by atoms with E-state index < -0.39 is 0 Å². The summed E-state index contributed by atoms with van der Waals surface area (Å²) < 4.78 is 12.4. The zero-order chi connectivity index (χ0) is 7.84. The van der Waals surface area contributed by atoms with Crippen LogP contribution in [-0.2, 0) is 0 Å². The fourth-order valence-electron chi connectivity index (χ4n) is 1.31. The molecule has 0 amide bonds. The summed E-state index contributed by atoms with van der Waals surface area (Å²) in [7, 11) is 0. The summed E-state index contributed by atoms with van der Waals surface area (Å²) in [6.07, 6.45) is 1.05. The third kappa shape index (κ3) is 1.26. The normalized spacial score (nSPS) is 28.5. The summed E-state index contributed by atoms with van der Waals surface area (Å²) in [4.78, 5) is 0. The largest absolute Gasteiger partial charge is 0.327 e. The predicted molar refractivity (Wildman–Crippen MR) is 41.7 cm³/mol. The molecule has 1 fully saturated rings. The van der Waals surface area contributed by atoms with Crippen LogP contribution in [0.2, 0.25) is 0 Å².